The van der Waals surface area contributed by atoms with Gasteiger partial charge < -0.3 is 9.15 Å². The van der Waals surface area contributed by atoms with Crippen LogP contribution in [0, 0.1) is 0 Å². The second-order valence-corrected chi connectivity index (χ2v) is 7.16. The minimum Gasteiger partial charge on any atom is -0.468 e. The lowest BCUT2D eigenvalue weighted by atomic mass is 10.0. The van der Waals surface area contributed by atoms with E-state index >= 15 is 0 Å². The first-order valence-corrected chi connectivity index (χ1v) is 8.59. The summed E-state index contributed by atoms with van der Waals surface area (Å²) < 4.78 is 14.3. The summed E-state index contributed by atoms with van der Waals surface area (Å²) in [5.74, 6) is 1.43. The van der Waals surface area contributed by atoms with Gasteiger partial charge in [-0.25, -0.2) is 4.68 Å². The van der Waals surface area contributed by atoms with E-state index in [9.17, 15) is 9.59 Å². The maximum atomic E-state index is 12.5. The van der Waals surface area contributed by atoms with Crippen LogP contribution in [0.2, 0.25) is 0 Å². The van der Waals surface area contributed by atoms with Crippen LogP contribution in [0.3, 0.4) is 0 Å². The Morgan fingerprint density at radius 2 is 2.12 bits per heavy atom. The molecule has 4 heterocycles. The van der Waals surface area contributed by atoms with E-state index in [2.05, 4.69) is 10.00 Å². The van der Waals surface area contributed by atoms with Crippen LogP contribution in [0.25, 0.3) is 0 Å². The highest BCUT2D eigenvalue weighted by atomic mass is 16.5. The SMILES string of the molecule is CC(C)n1nc2n(c(=O)c1=O)C[C@@]1(CCN(Cc3ccco3)C1)OC2. The molecule has 0 aromatic carbocycles. The van der Waals surface area contributed by atoms with Crippen LogP contribution >= 0.6 is 0 Å². The molecule has 134 valence electrons. The van der Waals surface area contributed by atoms with Crippen LogP contribution in [0.5, 0.6) is 0 Å². The number of hydrogen-bond acceptors (Lipinski definition) is 6. The summed E-state index contributed by atoms with van der Waals surface area (Å²) in [5, 5.41) is 4.32. The Morgan fingerprint density at radius 1 is 1.28 bits per heavy atom. The third-order valence-corrected chi connectivity index (χ3v) is 4.97. The molecule has 0 unspecified atom stereocenters. The zero-order valence-electron chi connectivity index (χ0n) is 14.5. The van der Waals surface area contributed by atoms with Crippen molar-refractivity contribution in [3.63, 3.8) is 0 Å². The molecule has 1 atom stereocenters. The summed E-state index contributed by atoms with van der Waals surface area (Å²) in [6, 6.07) is 3.67. The molecular weight excluding hydrogens is 324 g/mol. The molecule has 8 heteroatoms. The minimum atomic E-state index is -0.568. The summed E-state index contributed by atoms with van der Waals surface area (Å²) in [4.78, 5) is 27.0. The maximum absolute atomic E-state index is 12.5. The Bertz CT molecular complexity index is 883. The highest BCUT2D eigenvalue weighted by Gasteiger charge is 2.43. The van der Waals surface area contributed by atoms with E-state index in [4.69, 9.17) is 9.15 Å². The summed E-state index contributed by atoms with van der Waals surface area (Å²) in [5.41, 5.74) is -1.52. The van der Waals surface area contributed by atoms with Crippen molar-refractivity contribution in [1.82, 2.24) is 19.2 Å². The van der Waals surface area contributed by atoms with Crippen molar-refractivity contribution in [2.45, 2.75) is 51.6 Å². The lowest BCUT2D eigenvalue weighted by molar-refractivity contribution is -0.0861. The number of hydrogen-bond donors (Lipinski definition) is 0. The van der Waals surface area contributed by atoms with Crippen LogP contribution in [-0.2, 0) is 24.4 Å². The number of nitrogens with zero attached hydrogens (tertiary/aromatic N) is 4. The van der Waals surface area contributed by atoms with Crippen LogP contribution < -0.4 is 11.1 Å². The van der Waals surface area contributed by atoms with Crippen molar-refractivity contribution in [2.24, 2.45) is 0 Å². The Kier molecular flexibility index (Phi) is 3.88. The van der Waals surface area contributed by atoms with Gasteiger partial charge in [0.2, 0.25) is 0 Å². The average molecular weight is 346 g/mol. The first-order chi connectivity index (χ1) is 12.0. The van der Waals surface area contributed by atoms with Crippen LogP contribution in [0.1, 0.15) is 37.9 Å². The van der Waals surface area contributed by atoms with E-state index in [1.54, 1.807) is 6.26 Å². The first-order valence-electron chi connectivity index (χ1n) is 8.59. The van der Waals surface area contributed by atoms with Crippen molar-refractivity contribution >= 4 is 0 Å². The van der Waals surface area contributed by atoms with E-state index in [1.807, 2.05) is 26.0 Å². The summed E-state index contributed by atoms with van der Waals surface area (Å²) in [6.45, 7) is 6.56. The summed E-state index contributed by atoms with van der Waals surface area (Å²) in [6.07, 6.45) is 2.48. The van der Waals surface area contributed by atoms with Crippen molar-refractivity contribution < 1.29 is 9.15 Å². The second kappa shape index (κ2) is 5.96. The Labute approximate surface area is 144 Å². The monoisotopic (exact) mass is 346 g/mol. The molecule has 0 bridgehead atoms. The molecule has 0 amide bonds. The number of likely N-dealkylation sites (tertiary alicyclic amines) is 1. The van der Waals surface area contributed by atoms with Gasteiger partial charge in [0.1, 0.15) is 18.0 Å². The number of fused-ring (bicyclic) bond motifs is 1. The van der Waals surface area contributed by atoms with Crippen molar-refractivity contribution in [3.05, 3.63) is 50.7 Å². The van der Waals surface area contributed by atoms with Crippen LogP contribution in [0.15, 0.2) is 32.4 Å². The molecule has 25 heavy (non-hydrogen) atoms. The van der Waals surface area contributed by atoms with Gasteiger partial charge in [-0.3, -0.25) is 19.1 Å². The summed E-state index contributed by atoms with van der Waals surface area (Å²) in [7, 11) is 0. The van der Waals surface area contributed by atoms with Crippen molar-refractivity contribution in [3.8, 4) is 0 Å². The molecule has 2 aliphatic rings. The molecule has 2 aromatic rings. The van der Waals surface area contributed by atoms with Gasteiger partial charge in [0.25, 0.3) is 0 Å². The quantitative estimate of drug-likeness (QED) is 0.763. The number of rotatable bonds is 3. The maximum Gasteiger partial charge on any atom is 0.332 e. The second-order valence-electron chi connectivity index (χ2n) is 7.16. The average Bonchev–Trinajstić information content (AvgIpc) is 3.22. The molecule has 1 fully saturated rings. The third kappa shape index (κ3) is 2.85. The van der Waals surface area contributed by atoms with Crippen molar-refractivity contribution in [1.29, 1.82) is 0 Å². The van der Waals surface area contributed by atoms with E-state index < -0.39 is 16.7 Å². The van der Waals surface area contributed by atoms with Gasteiger partial charge in [-0.15, -0.1) is 0 Å². The van der Waals surface area contributed by atoms with E-state index in [1.165, 1.54) is 9.25 Å². The van der Waals surface area contributed by atoms with E-state index in [-0.39, 0.29) is 12.6 Å². The highest BCUT2D eigenvalue weighted by Crippen LogP contribution is 2.31. The molecular formula is C17H22N4O4. The summed E-state index contributed by atoms with van der Waals surface area (Å²) >= 11 is 0. The van der Waals surface area contributed by atoms with Gasteiger partial charge in [-0.2, -0.15) is 5.10 Å². The molecule has 2 aliphatic heterocycles. The molecule has 0 radical (unpaired) electrons. The highest BCUT2D eigenvalue weighted by molar-refractivity contribution is 5.04. The van der Waals surface area contributed by atoms with Crippen molar-refractivity contribution in [2.75, 3.05) is 13.1 Å². The van der Waals surface area contributed by atoms with E-state index in [0.717, 1.165) is 18.7 Å². The van der Waals surface area contributed by atoms with Gasteiger partial charge in [-0.05, 0) is 32.4 Å². The van der Waals surface area contributed by atoms with Gasteiger partial charge in [-0.1, -0.05) is 0 Å². The van der Waals surface area contributed by atoms with Crippen LogP contribution in [-0.4, -0.2) is 37.9 Å². The van der Waals surface area contributed by atoms with Gasteiger partial charge in [0.05, 0.1) is 25.4 Å². The third-order valence-electron chi connectivity index (χ3n) is 4.97. The predicted octanol–water partition coefficient (Wildman–Crippen LogP) is 0.754. The number of furan rings is 1. The lowest BCUT2D eigenvalue weighted by Crippen LogP contribution is -2.53. The molecule has 4 rings (SSSR count). The zero-order chi connectivity index (χ0) is 17.6. The van der Waals surface area contributed by atoms with E-state index in [0.29, 0.717) is 25.5 Å². The fraction of sp³-hybridized carbons (Fsp3) is 0.588. The fourth-order valence-electron chi connectivity index (χ4n) is 3.66. The van der Waals surface area contributed by atoms with Gasteiger partial charge in [0.15, 0.2) is 5.82 Å². The van der Waals surface area contributed by atoms with Crippen LogP contribution in [0.4, 0.5) is 0 Å². The minimum absolute atomic E-state index is 0.155. The number of ether oxygens (including phenoxy) is 1. The lowest BCUT2D eigenvalue weighted by Gasteiger charge is -2.35. The predicted molar refractivity (Wildman–Crippen MR) is 89.3 cm³/mol. The molecule has 0 N–H and O–H groups in total. The molecule has 8 nitrogen and oxygen atoms in total. The van der Waals surface area contributed by atoms with Gasteiger partial charge >= 0.3 is 11.1 Å². The molecule has 0 saturated carbocycles. The number of aromatic nitrogens is 3. The molecule has 1 saturated heterocycles. The zero-order valence-corrected chi connectivity index (χ0v) is 14.5. The standard InChI is InChI=1S/C17H22N4O4/c1-12(2)21-16(23)15(22)20-11-17(25-9-14(20)18-21)5-6-19(10-17)8-13-4-3-7-24-13/h3-4,7,12H,5-6,8-11H2,1-2H3/t17-/m0/s1. The normalized spacial score (nSPS) is 23.5. The fourth-order valence-corrected chi connectivity index (χ4v) is 3.66. The molecule has 0 aliphatic carbocycles. The Hall–Kier alpha value is -2.19. The Balaban J connectivity index is 1.58. The smallest absolute Gasteiger partial charge is 0.332 e. The largest absolute Gasteiger partial charge is 0.468 e. The van der Waals surface area contributed by atoms with Gasteiger partial charge in [0, 0.05) is 13.1 Å². The topological polar surface area (TPSA) is 82.5 Å². The first kappa shape index (κ1) is 16.3. The Morgan fingerprint density at radius 3 is 2.84 bits per heavy atom. The molecule has 2 aromatic heterocycles. The molecule has 1 spiro atoms.